The molecule has 1 aromatic heterocycles. The minimum absolute atomic E-state index is 0.0844. The average Bonchev–Trinajstić information content (AvgIpc) is 3.48. The lowest BCUT2D eigenvalue weighted by Crippen LogP contribution is -2.58. The number of rotatable bonds is 9. The molecule has 1 saturated heterocycles. The topological polar surface area (TPSA) is 117 Å². The van der Waals surface area contributed by atoms with Gasteiger partial charge in [0.15, 0.2) is 5.69 Å². The molecule has 3 amide bonds. The summed E-state index contributed by atoms with van der Waals surface area (Å²) in [4.78, 5) is 47.5. The summed E-state index contributed by atoms with van der Waals surface area (Å²) in [5.41, 5.74) is 1.33. The molecule has 2 heterocycles. The van der Waals surface area contributed by atoms with Crippen molar-refractivity contribution in [1.29, 1.82) is 0 Å². The summed E-state index contributed by atoms with van der Waals surface area (Å²) >= 11 is 0. The second-order valence-electron chi connectivity index (χ2n) is 13.9. The number of nitrogens with zero attached hydrogens (tertiary/aromatic N) is 4. The number of ether oxygens (including phenoxy) is 1. The summed E-state index contributed by atoms with van der Waals surface area (Å²) in [6.45, 7) is 8.58. The van der Waals surface area contributed by atoms with Gasteiger partial charge in [0, 0.05) is 38.7 Å². The number of nitrogens with one attached hydrogen (secondary N) is 1. The van der Waals surface area contributed by atoms with Gasteiger partial charge in [-0.3, -0.25) is 9.59 Å². The summed E-state index contributed by atoms with van der Waals surface area (Å²) in [5, 5.41) is 14.9. The van der Waals surface area contributed by atoms with E-state index < -0.39 is 11.2 Å². The standard InChI is InChI=1S/C37H49N5O5/c1-27(43)38-21-13-20-37(46)19-12-11-18-31(37)42-26-39-32(33(42)29-16-9-6-10-17-29)34(44)41-23-22-40(35(45)47-36(2,3)4)25-30(41)24-28-14-7-5-8-15-28/h5-10,14-17,26,30-31,46H,11-13,18-25H2,1-4H3,(H,38,43)/t30-,31?,37?/m1/s1. The van der Waals surface area contributed by atoms with Crippen molar-refractivity contribution < 1.29 is 24.2 Å². The van der Waals surface area contributed by atoms with Crippen LogP contribution < -0.4 is 5.32 Å². The first kappa shape index (κ1) is 34.2. The Morgan fingerprint density at radius 2 is 1.72 bits per heavy atom. The molecule has 0 spiro atoms. The largest absolute Gasteiger partial charge is 0.444 e. The van der Waals surface area contributed by atoms with E-state index >= 15 is 0 Å². The molecule has 10 nitrogen and oxygen atoms in total. The molecule has 1 saturated carbocycles. The van der Waals surface area contributed by atoms with Gasteiger partial charge in [-0.25, -0.2) is 9.78 Å². The third-order valence-corrected chi connectivity index (χ3v) is 9.21. The summed E-state index contributed by atoms with van der Waals surface area (Å²) in [6.07, 6.45) is 6.35. The number of benzene rings is 2. The Bertz CT molecular complexity index is 1520. The van der Waals surface area contributed by atoms with Gasteiger partial charge in [-0.2, -0.15) is 0 Å². The van der Waals surface area contributed by atoms with Crippen LogP contribution >= 0.6 is 0 Å². The monoisotopic (exact) mass is 643 g/mol. The van der Waals surface area contributed by atoms with Gasteiger partial charge in [0.1, 0.15) is 5.60 Å². The number of aromatic nitrogens is 2. The molecule has 2 aromatic carbocycles. The molecule has 10 heteroatoms. The number of hydrogen-bond acceptors (Lipinski definition) is 6. The number of amides is 3. The summed E-state index contributed by atoms with van der Waals surface area (Å²) < 4.78 is 7.71. The zero-order valence-electron chi connectivity index (χ0n) is 28.2. The quantitative estimate of drug-likeness (QED) is 0.293. The second-order valence-corrected chi connectivity index (χ2v) is 13.9. The summed E-state index contributed by atoms with van der Waals surface area (Å²) in [6, 6.07) is 19.2. The predicted molar refractivity (Wildman–Crippen MR) is 181 cm³/mol. The first-order chi connectivity index (χ1) is 22.4. The lowest BCUT2D eigenvalue weighted by molar-refractivity contribution is -0.119. The van der Waals surface area contributed by atoms with E-state index in [1.54, 1.807) is 11.2 Å². The fraction of sp³-hybridized carbons (Fsp3) is 0.514. The Balaban J connectivity index is 1.48. The molecule has 2 N–H and O–H groups in total. The molecule has 0 radical (unpaired) electrons. The zero-order chi connectivity index (χ0) is 33.6. The molecular formula is C37H49N5O5. The van der Waals surface area contributed by atoms with E-state index in [-0.39, 0.29) is 30.0 Å². The van der Waals surface area contributed by atoms with E-state index in [0.717, 1.165) is 30.4 Å². The van der Waals surface area contributed by atoms with Gasteiger partial charge in [-0.15, -0.1) is 0 Å². The van der Waals surface area contributed by atoms with Gasteiger partial charge in [-0.05, 0) is 58.4 Å². The SMILES string of the molecule is CC(=O)NCCCC1(O)CCCCC1n1cnc(C(=O)N2CCN(C(=O)OC(C)(C)C)C[C@H]2Cc2ccccc2)c1-c1ccccc1. The van der Waals surface area contributed by atoms with Crippen molar-refractivity contribution in [3.63, 3.8) is 0 Å². The maximum absolute atomic E-state index is 14.6. The summed E-state index contributed by atoms with van der Waals surface area (Å²) in [7, 11) is 0. The van der Waals surface area contributed by atoms with Crippen molar-refractivity contribution in [3.8, 4) is 11.3 Å². The van der Waals surface area contributed by atoms with Crippen LogP contribution in [-0.4, -0.2) is 85.8 Å². The van der Waals surface area contributed by atoms with Gasteiger partial charge < -0.3 is 29.5 Å². The molecule has 2 fully saturated rings. The normalized spacial score (nSPS) is 21.7. The highest BCUT2D eigenvalue weighted by atomic mass is 16.6. The molecule has 5 rings (SSSR count). The van der Waals surface area contributed by atoms with Gasteiger partial charge in [0.25, 0.3) is 5.91 Å². The smallest absolute Gasteiger partial charge is 0.410 e. The van der Waals surface area contributed by atoms with Crippen molar-refractivity contribution in [2.45, 2.75) is 95.9 Å². The van der Waals surface area contributed by atoms with Crippen LogP contribution in [0.4, 0.5) is 4.79 Å². The molecule has 0 bridgehead atoms. The summed E-state index contributed by atoms with van der Waals surface area (Å²) in [5.74, 6) is -0.281. The zero-order valence-corrected chi connectivity index (χ0v) is 28.2. The molecule has 252 valence electrons. The number of hydrogen-bond donors (Lipinski definition) is 2. The van der Waals surface area contributed by atoms with E-state index in [1.165, 1.54) is 6.92 Å². The Morgan fingerprint density at radius 1 is 1.02 bits per heavy atom. The number of aliphatic hydroxyl groups is 1. The first-order valence-electron chi connectivity index (χ1n) is 16.9. The van der Waals surface area contributed by atoms with E-state index in [4.69, 9.17) is 9.72 Å². The lowest BCUT2D eigenvalue weighted by Gasteiger charge is -2.42. The average molecular weight is 644 g/mol. The van der Waals surface area contributed by atoms with Crippen LogP contribution in [0.2, 0.25) is 0 Å². The first-order valence-corrected chi connectivity index (χ1v) is 16.9. The number of carbonyl (C=O) groups is 3. The fourth-order valence-corrected chi connectivity index (χ4v) is 7.00. The van der Waals surface area contributed by atoms with E-state index in [0.29, 0.717) is 63.3 Å². The highest BCUT2D eigenvalue weighted by molar-refractivity contribution is 5.98. The lowest BCUT2D eigenvalue weighted by atomic mass is 9.77. The van der Waals surface area contributed by atoms with Crippen molar-refractivity contribution in [2.24, 2.45) is 0 Å². The third-order valence-electron chi connectivity index (χ3n) is 9.21. The predicted octanol–water partition coefficient (Wildman–Crippen LogP) is 5.62. The molecule has 3 atom stereocenters. The van der Waals surface area contributed by atoms with Crippen molar-refractivity contribution in [2.75, 3.05) is 26.2 Å². The molecule has 3 aromatic rings. The van der Waals surface area contributed by atoms with Crippen LogP contribution in [0, 0.1) is 0 Å². The van der Waals surface area contributed by atoms with Crippen LogP contribution in [0.1, 0.15) is 88.3 Å². The van der Waals surface area contributed by atoms with Crippen molar-refractivity contribution in [3.05, 3.63) is 78.2 Å². The van der Waals surface area contributed by atoms with Crippen LogP contribution in [0.3, 0.4) is 0 Å². The van der Waals surface area contributed by atoms with Gasteiger partial charge in [0.2, 0.25) is 5.91 Å². The van der Waals surface area contributed by atoms with Crippen LogP contribution in [-0.2, 0) is 16.0 Å². The van der Waals surface area contributed by atoms with E-state index in [1.807, 2.05) is 90.9 Å². The Hall–Kier alpha value is -4.18. The number of piperazine rings is 1. The van der Waals surface area contributed by atoms with Gasteiger partial charge >= 0.3 is 6.09 Å². The minimum Gasteiger partial charge on any atom is -0.444 e. The Labute approximate surface area is 278 Å². The molecule has 47 heavy (non-hydrogen) atoms. The highest BCUT2D eigenvalue weighted by Gasteiger charge is 2.42. The maximum Gasteiger partial charge on any atom is 0.410 e. The van der Waals surface area contributed by atoms with Crippen molar-refractivity contribution in [1.82, 2.24) is 24.7 Å². The Morgan fingerprint density at radius 3 is 2.40 bits per heavy atom. The molecule has 1 aliphatic heterocycles. The third kappa shape index (κ3) is 8.41. The molecule has 2 unspecified atom stereocenters. The van der Waals surface area contributed by atoms with Crippen LogP contribution in [0.5, 0.6) is 0 Å². The fourth-order valence-electron chi connectivity index (χ4n) is 7.00. The number of carbonyl (C=O) groups excluding carboxylic acids is 3. The maximum atomic E-state index is 14.6. The molecule has 2 aliphatic rings. The van der Waals surface area contributed by atoms with Crippen molar-refractivity contribution >= 4 is 17.9 Å². The van der Waals surface area contributed by atoms with Gasteiger partial charge in [0.05, 0.1) is 29.7 Å². The Kier molecular flexibility index (Phi) is 10.7. The van der Waals surface area contributed by atoms with Crippen LogP contribution in [0.25, 0.3) is 11.3 Å². The van der Waals surface area contributed by atoms with Gasteiger partial charge in [-0.1, -0.05) is 73.5 Å². The van der Waals surface area contributed by atoms with Crippen LogP contribution in [0.15, 0.2) is 67.0 Å². The van der Waals surface area contributed by atoms with E-state index in [9.17, 15) is 19.5 Å². The minimum atomic E-state index is -1.00. The molecule has 1 aliphatic carbocycles. The molecular weight excluding hydrogens is 594 g/mol. The second kappa shape index (κ2) is 14.7. The highest BCUT2D eigenvalue weighted by Crippen LogP contribution is 2.43. The number of imidazole rings is 1. The van der Waals surface area contributed by atoms with E-state index in [2.05, 4.69) is 5.32 Å².